The highest BCUT2D eigenvalue weighted by Crippen LogP contribution is 2.57. The average Bonchev–Trinajstić information content (AvgIpc) is 3.60. The summed E-state index contributed by atoms with van der Waals surface area (Å²) in [6, 6.07) is 12.2. The lowest BCUT2D eigenvalue weighted by Crippen LogP contribution is -2.12. The van der Waals surface area contributed by atoms with Crippen molar-refractivity contribution in [2.24, 2.45) is 0 Å². The van der Waals surface area contributed by atoms with Crippen LogP contribution in [0.25, 0.3) is 11.5 Å². The molecule has 0 radical (unpaired) electrons. The molecule has 6 heteroatoms. The molecular weight excluding hydrogens is 381 g/mol. The third-order valence-electron chi connectivity index (χ3n) is 5.62. The number of aromatic nitrogens is 2. The first kappa shape index (κ1) is 17.1. The highest BCUT2D eigenvalue weighted by Gasteiger charge is 2.52. The first-order chi connectivity index (χ1) is 13.1. The van der Waals surface area contributed by atoms with Crippen LogP contribution in [0.2, 0.25) is 10.0 Å². The van der Waals surface area contributed by atoms with Crippen LogP contribution >= 0.6 is 23.2 Å². The molecule has 0 unspecified atom stereocenters. The van der Waals surface area contributed by atoms with Gasteiger partial charge < -0.3 is 9.84 Å². The van der Waals surface area contributed by atoms with E-state index < -0.39 is 0 Å². The van der Waals surface area contributed by atoms with E-state index in [1.54, 1.807) is 0 Å². The Balaban J connectivity index is 1.49. The molecule has 27 heavy (non-hydrogen) atoms. The lowest BCUT2D eigenvalue weighted by atomic mass is 9.94. The van der Waals surface area contributed by atoms with Gasteiger partial charge in [-0.15, -0.1) is 0 Å². The molecule has 2 fully saturated rings. The number of rotatable bonds is 5. The Morgan fingerprint density at radius 2 is 1.74 bits per heavy atom. The lowest BCUT2D eigenvalue weighted by Gasteiger charge is -2.16. The highest BCUT2D eigenvalue weighted by atomic mass is 35.5. The van der Waals surface area contributed by atoms with Crippen molar-refractivity contribution < 1.29 is 4.52 Å². The Morgan fingerprint density at radius 1 is 1.07 bits per heavy atom. The first-order valence-corrected chi connectivity index (χ1v) is 9.98. The SMILES string of the molecule is CNc1cc(Cl)c(C2(c3noc(-c4ccc(C5CC5)cc4)n3)CC2)c(Cl)c1. The van der Waals surface area contributed by atoms with E-state index in [1.807, 2.05) is 19.2 Å². The summed E-state index contributed by atoms with van der Waals surface area (Å²) in [6.07, 6.45) is 4.40. The maximum atomic E-state index is 6.55. The molecule has 0 amide bonds. The first-order valence-electron chi connectivity index (χ1n) is 9.22. The molecule has 2 aliphatic carbocycles. The molecule has 2 aromatic carbocycles. The number of halogens is 2. The molecule has 0 bridgehead atoms. The Labute approximate surface area is 167 Å². The van der Waals surface area contributed by atoms with Gasteiger partial charge >= 0.3 is 0 Å². The number of nitrogens with one attached hydrogen (secondary N) is 1. The quantitative estimate of drug-likeness (QED) is 0.567. The minimum Gasteiger partial charge on any atom is -0.388 e. The molecule has 4 nitrogen and oxygen atoms in total. The number of nitrogens with zero attached hydrogens (tertiary/aromatic N) is 2. The van der Waals surface area contributed by atoms with Crippen LogP contribution in [-0.2, 0) is 5.41 Å². The van der Waals surface area contributed by atoms with Crippen LogP contribution in [0.5, 0.6) is 0 Å². The maximum Gasteiger partial charge on any atom is 0.257 e. The van der Waals surface area contributed by atoms with Crippen LogP contribution in [-0.4, -0.2) is 17.2 Å². The van der Waals surface area contributed by atoms with E-state index in [1.165, 1.54) is 18.4 Å². The van der Waals surface area contributed by atoms with Gasteiger partial charge in [-0.1, -0.05) is 40.5 Å². The third-order valence-corrected chi connectivity index (χ3v) is 6.22. The fraction of sp³-hybridized carbons (Fsp3) is 0.333. The summed E-state index contributed by atoms with van der Waals surface area (Å²) >= 11 is 13.1. The molecule has 2 saturated carbocycles. The molecule has 0 atom stereocenters. The molecule has 138 valence electrons. The Morgan fingerprint density at radius 3 is 2.30 bits per heavy atom. The number of anilines is 1. The summed E-state index contributed by atoms with van der Waals surface area (Å²) in [6.45, 7) is 0. The second kappa shape index (κ2) is 6.25. The van der Waals surface area contributed by atoms with E-state index in [0.717, 1.165) is 35.6 Å². The maximum absolute atomic E-state index is 6.55. The van der Waals surface area contributed by atoms with E-state index >= 15 is 0 Å². The second-order valence-electron chi connectivity index (χ2n) is 7.47. The minimum absolute atomic E-state index is 0.351. The van der Waals surface area contributed by atoms with E-state index in [9.17, 15) is 0 Å². The molecule has 1 heterocycles. The van der Waals surface area contributed by atoms with Gasteiger partial charge in [-0.3, -0.25) is 0 Å². The number of benzene rings is 2. The van der Waals surface area contributed by atoms with Gasteiger partial charge in [0.2, 0.25) is 0 Å². The van der Waals surface area contributed by atoms with Crippen molar-refractivity contribution in [3.8, 4) is 11.5 Å². The topological polar surface area (TPSA) is 51.0 Å². The van der Waals surface area contributed by atoms with Crippen molar-refractivity contribution in [1.82, 2.24) is 10.1 Å². The molecule has 1 aromatic heterocycles. The van der Waals surface area contributed by atoms with Crippen molar-refractivity contribution >= 4 is 28.9 Å². The Kier molecular flexibility index (Phi) is 3.95. The summed E-state index contributed by atoms with van der Waals surface area (Å²) in [5, 5.41) is 8.61. The zero-order valence-electron chi connectivity index (χ0n) is 14.9. The van der Waals surface area contributed by atoms with Gasteiger partial charge in [-0.25, -0.2) is 0 Å². The predicted molar refractivity (Wildman–Crippen MR) is 108 cm³/mol. The lowest BCUT2D eigenvalue weighted by molar-refractivity contribution is 0.418. The van der Waals surface area contributed by atoms with Gasteiger partial charge in [0.15, 0.2) is 5.82 Å². The fourth-order valence-corrected chi connectivity index (χ4v) is 4.58. The standard InChI is InChI=1S/C21H19Cl2N3O/c1-24-15-10-16(22)18(17(23)11-15)21(8-9-21)20-25-19(27-26-20)14-6-4-13(5-7-14)12-2-3-12/h4-7,10-12,24H,2-3,8-9H2,1H3. The van der Waals surface area contributed by atoms with Crippen LogP contribution in [0.15, 0.2) is 40.9 Å². The Hall–Kier alpha value is -2.04. The summed E-state index contributed by atoms with van der Waals surface area (Å²) < 4.78 is 5.58. The minimum atomic E-state index is -0.351. The number of hydrogen-bond donors (Lipinski definition) is 1. The van der Waals surface area contributed by atoms with Crippen LogP contribution in [0.1, 0.15) is 48.6 Å². The van der Waals surface area contributed by atoms with Gasteiger partial charge in [0, 0.05) is 33.9 Å². The molecule has 2 aliphatic rings. The molecule has 1 N–H and O–H groups in total. The van der Waals surface area contributed by atoms with Crippen molar-refractivity contribution in [3.63, 3.8) is 0 Å². The monoisotopic (exact) mass is 399 g/mol. The normalized spacial score (nSPS) is 17.7. The van der Waals surface area contributed by atoms with E-state index in [4.69, 9.17) is 32.7 Å². The van der Waals surface area contributed by atoms with Gasteiger partial charge in [0.25, 0.3) is 5.89 Å². The van der Waals surface area contributed by atoms with Crippen LogP contribution < -0.4 is 5.32 Å². The third kappa shape index (κ3) is 2.91. The summed E-state index contributed by atoms with van der Waals surface area (Å²) in [5.74, 6) is 1.93. The van der Waals surface area contributed by atoms with E-state index in [2.05, 4.69) is 34.7 Å². The molecular formula is C21H19Cl2N3O. The Bertz CT molecular complexity index is 982. The van der Waals surface area contributed by atoms with Gasteiger partial charge in [0.1, 0.15) is 0 Å². The van der Waals surface area contributed by atoms with Gasteiger partial charge in [-0.2, -0.15) is 4.98 Å². The van der Waals surface area contributed by atoms with Crippen molar-refractivity contribution in [3.05, 3.63) is 63.4 Å². The van der Waals surface area contributed by atoms with Crippen molar-refractivity contribution in [1.29, 1.82) is 0 Å². The van der Waals surface area contributed by atoms with Gasteiger partial charge in [-0.05, 0) is 61.4 Å². The smallest absolute Gasteiger partial charge is 0.257 e. The summed E-state index contributed by atoms with van der Waals surface area (Å²) in [5.41, 5.74) is 3.75. The van der Waals surface area contributed by atoms with Gasteiger partial charge in [0.05, 0.1) is 5.41 Å². The zero-order chi connectivity index (χ0) is 18.6. The van der Waals surface area contributed by atoms with E-state index in [-0.39, 0.29) is 5.41 Å². The number of hydrogen-bond acceptors (Lipinski definition) is 4. The van der Waals surface area contributed by atoms with Crippen LogP contribution in [0.3, 0.4) is 0 Å². The highest BCUT2D eigenvalue weighted by molar-refractivity contribution is 6.36. The second-order valence-corrected chi connectivity index (χ2v) is 8.28. The average molecular weight is 400 g/mol. The van der Waals surface area contributed by atoms with Crippen molar-refractivity contribution in [2.45, 2.75) is 37.0 Å². The van der Waals surface area contributed by atoms with Crippen molar-refractivity contribution in [2.75, 3.05) is 12.4 Å². The van der Waals surface area contributed by atoms with Crippen LogP contribution in [0, 0.1) is 0 Å². The van der Waals surface area contributed by atoms with E-state index in [0.29, 0.717) is 21.8 Å². The largest absolute Gasteiger partial charge is 0.388 e. The summed E-state index contributed by atoms with van der Waals surface area (Å²) in [7, 11) is 1.84. The molecule has 5 rings (SSSR count). The fourth-order valence-electron chi connectivity index (χ4n) is 3.73. The molecule has 0 spiro atoms. The molecule has 0 saturated heterocycles. The zero-order valence-corrected chi connectivity index (χ0v) is 16.4. The molecule has 3 aromatic rings. The summed E-state index contributed by atoms with van der Waals surface area (Å²) in [4.78, 5) is 4.70. The van der Waals surface area contributed by atoms with Crippen LogP contribution in [0.4, 0.5) is 5.69 Å². The molecule has 0 aliphatic heterocycles. The predicted octanol–water partition coefficient (Wildman–Crippen LogP) is 6.04.